The van der Waals surface area contributed by atoms with Crippen molar-refractivity contribution in [3.05, 3.63) is 65.2 Å². The molecular weight excluding hydrogens is 258 g/mol. The van der Waals surface area contributed by atoms with Crippen molar-refractivity contribution >= 4 is 5.69 Å². The Balaban J connectivity index is 2.34. The molecule has 2 rings (SSSR count). The highest BCUT2D eigenvalue weighted by molar-refractivity contribution is 5.48. The lowest BCUT2D eigenvalue weighted by atomic mass is 10.1. The van der Waals surface area contributed by atoms with E-state index in [1.165, 1.54) is 19.1 Å². The van der Waals surface area contributed by atoms with Crippen LogP contribution in [0.15, 0.2) is 36.4 Å². The third-order valence-electron chi connectivity index (χ3n) is 2.76. The van der Waals surface area contributed by atoms with Gasteiger partial charge in [-0.25, -0.2) is 17.6 Å². The first-order valence-electron chi connectivity index (χ1n) is 5.65. The molecule has 0 radical (unpaired) electrons. The smallest absolute Gasteiger partial charge is 0.149 e. The van der Waals surface area contributed by atoms with Crippen LogP contribution in [0.25, 0.3) is 0 Å². The Kier molecular flexibility index (Phi) is 3.74. The summed E-state index contributed by atoms with van der Waals surface area (Å²) in [6.45, 7) is 1.42. The molecule has 0 bridgehead atoms. The van der Waals surface area contributed by atoms with Crippen LogP contribution in [0, 0.1) is 23.3 Å². The molecule has 0 heterocycles. The molecule has 0 spiro atoms. The van der Waals surface area contributed by atoms with E-state index in [-0.39, 0.29) is 5.56 Å². The summed E-state index contributed by atoms with van der Waals surface area (Å²) in [6, 6.07) is 5.84. The molecule has 0 amide bonds. The Morgan fingerprint density at radius 2 is 1.21 bits per heavy atom. The molecule has 0 fully saturated rings. The summed E-state index contributed by atoms with van der Waals surface area (Å²) in [5, 5.41) is 2.45. The SMILES string of the molecule is CC(Nc1c(F)cccc1F)c1c(F)cccc1F. The van der Waals surface area contributed by atoms with Crippen molar-refractivity contribution in [1.29, 1.82) is 0 Å². The lowest BCUT2D eigenvalue weighted by Gasteiger charge is -2.18. The number of halogens is 4. The van der Waals surface area contributed by atoms with Crippen LogP contribution in [-0.4, -0.2) is 0 Å². The Bertz CT molecular complexity index is 557. The van der Waals surface area contributed by atoms with Crippen LogP contribution in [0.2, 0.25) is 0 Å². The Morgan fingerprint density at radius 3 is 1.68 bits per heavy atom. The number of nitrogens with one attached hydrogen (secondary N) is 1. The third-order valence-corrected chi connectivity index (χ3v) is 2.76. The molecule has 1 atom stereocenters. The minimum Gasteiger partial charge on any atom is -0.374 e. The third kappa shape index (κ3) is 2.70. The summed E-state index contributed by atoms with van der Waals surface area (Å²) in [5.41, 5.74) is -0.664. The normalized spacial score (nSPS) is 12.3. The topological polar surface area (TPSA) is 12.0 Å². The molecule has 2 aromatic rings. The second-order valence-corrected chi connectivity index (χ2v) is 4.10. The average Bonchev–Trinajstić information content (AvgIpc) is 2.34. The van der Waals surface area contributed by atoms with E-state index in [0.29, 0.717) is 0 Å². The predicted octanol–water partition coefficient (Wildman–Crippen LogP) is 4.42. The second-order valence-electron chi connectivity index (χ2n) is 4.10. The molecular formula is C14H11F4N. The van der Waals surface area contributed by atoms with Gasteiger partial charge in [0.25, 0.3) is 0 Å². The van der Waals surface area contributed by atoms with Gasteiger partial charge in [-0.3, -0.25) is 0 Å². The van der Waals surface area contributed by atoms with Crippen LogP contribution in [0.5, 0.6) is 0 Å². The highest BCUT2D eigenvalue weighted by Gasteiger charge is 2.18. The molecule has 0 aromatic heterocycles. The van der Waals surface area contributed by atoms with Gasteiger partial charge in [0.15, 0.2) is 0 Å². The van der Waals surface area contributed by atoms with Crippen LogP contribution >= 0.6 is 0 Å². The molecule has 1 unspecified atom stereocenters. The van der Waals surface area contributed by atoms with Crippen molar-refractivity contribution in [2.75, 3.05) is 5.32 Å². The second kappa shape index (κ2) is 5.30. The molecule has 2 aromatic carbocycles. The zero-order chi connectivity index (χ0) is 14.0. The van der Waals surface area contributed by atoms with Gasteiger partial charge in [-0.05, 0) is 31.2 Å². The van der Waals surface area contributed by atoms with Crippen molar-refractivity contribution in [1.82, 2.24) is 0 Å². The first kappa shape index (κ1) is 13.4. The van der Waals surface area contributed by atoms with E-state index >= 15 is 0 Å². The molecule has 0 aliphatic carbocycles. The van der Waals surface area contributed by atoms with Crippen LogP contribution in [0.4, 0.5) is 23.2 Å². The molecule has 0 aliphatic heterocycles. The van der Waals surface area contributed by atoms with E-state index in [0.717, 1.165) is 24.3 Å². The summed E-state index contributed by atoms with van der Waals surface area (Å²) in [4.78, 5) is 0. The summed E-state index contributed by atoms with van der Waals surface area (Å²) in [6.07, 6.45) is 0. The average molecular weight is 269 g/mol. The molecule has 1 N–H and O–H groups in total. The largest absolute Gasteiger partial charge is 0.374 e. The van der Waals surface area contributed by atoms with Crippen LogP contribution in [0.3, 0.4) is 0 Å². The molecule has 0 saturated heterocycles. The highest BCUT2D eigenvalue weighted by Crippen LogP contribution is 2.27. The summed E-state index contributed by atoms with van der Waals surface area (Å²) < 4.78 is 53.9. The molecule has 5 heteroatoms. The number of para-hydroxylation sites is 1. The Morgan fingerprint density at radius 1 is 0.789 bits per heavy atom. The zero-order valence-electron chi connectivity index (χ0n) is 10.1. The molecule has 19 heavy (non-hydrogen) atoms. The van der Waals surface area contributed by atoms with Gasteiger partial charge in [0.1, 0.15) is 29.0 Å². The maximum absolute atomic E-state index is 13.5. The number of benzene rings is 2. The van der Waals surface area contributed by atoms with Gasteiger partial charge in [-0.15, -0.1) is 0 Å². The van der Waals surface area contributed by atoms with Gasteiger partial charge < -0.3 is 5.32 Å². The lowest BCUT2D eigenvalue weighted by molar-refractivity contribution is 0.538. The van der Waals surface area contributed by atoms with E-state index in [1.807, 2.05) is 0 Å². The quantitative estimate of drug-likeness (QED) is 0.813. The summed E-state index contributed by atoms with van der Waals surface area (Å²) >= 11 is 0. The highest BCUT2D eigenvalue weighted by atomic mass is 19.1. The van der Waals surface area contributed by atoms with Crippen molar-refractivity contribution in [2.45, 2.75) is 13.0 Å². The molecule has 0 aliphatic rings. The van der Waals surface area contributed by atoms with Gasteiger partial charge >= 0.3 is 0 Å². The number of hydrogen-bond acceptors (Lipinski definition) is 1. The zero-order valence-corrected chi connectivity index (χ0v) is 10.1. The van der Waals surface area contributed by atoms with Gasteiger partial charge in [-0.2, -0.15) is 0 Å². The van der Waals surface area contributed by atoms with E-state index in [2.05, 4.69) is 5.32 Å². The van der Waals surface area contributed by atoms with Crippen LogP contribution in [-0.2, 0) is 0 Å². The molecule has 100 valence electrons. The van der Waals surface area contributed by atoms with Crippen LogP contribution < -0.4 is 5.32 Å². The number of rotatable bonds is 3. The maximum Gasteiger partial charge on any atom is 0.149 e. The summed E-state index contributed by atoms with van der Waals surface area (Å²) in [5.74, 6) is -3.17. The fourth-order valence-electron chi connectivity index (χ4n) is 1.85. The van der Waals surface area contributed by atoms with Crippen molar-refractivity contribution in [3.63, 3.8) is 0 Å². The Hall–Kier alpha value is -2.04. The number of hydrogen-bond donors (Lipinski definition) is 1. The van der Waals surface area contributed by atoms with Crippen molar-refractivity contribution in [3.8, 4) is 0 Å². The van der Waals surface area contributed by atoms with E-state index < -0.39 is 35.0 Å². The van der Waals surface area contributed by atoms with E-state index in [4.69, 9.17) is 0 Å². The lowest BCUT2D eigenvalue weighted by Crippen LogP contribution is -2.13. The standard InChI is InChI=1S/C14H11F4N/c1-8(13-9(15)4-2-5-10(13)16)19-14-11(17)6-3-7-12(14)18/h2-8,19H,1H3. The fraction of sp³-hybridized carbons (Fsp3) is 0.143. The van der Waals surface area contributed by atoms with Gasteiger partial charge in [0.2, 0.25) is 0 Å². The minimum atomic E-state index is -0.910. The minimum absolute atomic E-state index is 0.259. The van der Waals surface area contributed by atoms with E-state index in [9.17, 15) is 17.6 Å². The van der Waals surface area contributed by atoms with Gasteiger partial charge in [0.05, 0.1) is 6.04 Å². The number of anilines is 1. The maximum atomic E-state index is 13.5. The predicted molar refractivity (Wildman–Crippen MR) is 64.8 cm³/mol. The first-order chi connectivity index (χ1) is 9.00. The monoisotopic (exact) mass is 269 g/mol. The van der Waals surface area contributed by atoms with Crippen molar-refractivity contribution in [2.24, 2.45) is 0 Å². The molecule has 1 nitrogen and oxygen atoms in total. The first-order valence-corrected chi connectivity index (χ1v) is 5.65. The van der Waals surface area contributed by atoms with Gasteiger partial charge in [0, 0.05) is 5.56 Å². The fourth-order valence-corrected chi connectivity index (χ4v) is 1.85. The van der Waals surface area contributed by atoms with E-state index in [1.54, 1.807) is 0 Å². The van der Waals surface area contributed by atoms with Crippen LogP contribution in [0.1, 0.15) is 18.5 Å². The van der Waals surface area contributed by atoms with Gasteiger partial charge in [-0.1, -0.05) is 12.1 Å². The Labute approximate surface area is 107 Å². The summed E-state index contributed by atoms with van der Waals surface area (Å²) in [7, 11) is 0. The molecule has 0 saturated carbocycles. The van der Waals surface area contributed by atoms with Crippen molar-refractivity contribution < 1.29 is 17.6 Å².